The fourth-order valence-corrected chi connectivity index (χ4v) is 2.06. The van der Waals surface area contributed by atoms with E-state index in [4.69, 9.17) is 9.15 Å². The Morgan fingerprint density at radius 2 is 2.16 bits per heavy atom. The molecule has 0 saturated heterocycles. The molecule has 1 aromatic carbocycles. The minimum atomic E-state index is 0.431. The summed E-state index contributed by atoms with van der Waals surface area (Å²) in [5.74, 6) is 1.37. The van der Waals surface area contributed by atoms with E-state index in [1.54, 1.807) is 20.4 Å². The van der Waals surface area contributed by atoms with Gasteiger partial charge in [0.2, 0.25) is 0 Å². The van der Waals surface area contributed by atoms with Crippen molar-refractivity contribution in [3.63, 3.8) is 0 Å². The molecule has 0 bridgehead atoms. The molecule has 4 nitrogen and oxygen atoms in total. The molecule has 2 aromatic rings. The van der Waals surface area contributed by atoms with Gasteiger partial charge in [0.15, 0.2) is 0 Å². The Bertz CT molecular complexity index is 547. The quantitative estimate of drug-likeness (QED) is 0.894. The van der Waals surface area contributed by atoms with Crippen molar-refractivity contribution in [3.05, 3.63) is 41.3 Å². The molecule has 0 aliphatic carbocycles. The summed E-state index contributed by atoms with van der Waals surface area (Å²) in [4.78, 5) is 4.33. The number of hydrogen-bond acceptors (Lipinski definition) is 4. The highest BCUT2D eigenvalue weighted by Gasteiger charge is 2.10. The number of methoxy groups -OCH3 is 1. The molecule has 0 saturated carbocycles. The fraction of sp³-hybridized carbons (Fsp3) is 0.400. The van der Waals surface area contributed by atoms with E-state index in [2.05, 4.69) is 36.3 Å². The minimum Gasteiger partial charge on any atom is -0.496 e. The van der Waals surface area contributed by atoms with Crippen LogP contribution in [0.5, 0.6) is 5.75 Å². The highest BCUT2D eigenvalue weighted by Crippen LogP contribution is 2.28. The molecule has 1 N–H and O–H groups in total. The molecule has 19 heavy (non-hydrogen) atoms. The van der Waals surface area contributed by atoms with Crippen molar-refractivity contribution < 1.29 is 9.15 Å². The molecule has 0 radical (unpaired) electrons. The zero-order valence-corrected chi connectivity index (χ0v) is 11.9. The molecular formula is C15H20N2O2. The monoisotopic (exact) mass is 260 g/mol. The average molecular weight is 260 g/mol. The lowest BCUT2D eigenvalue weighted by atomic mass is 9.98. The molecular weight excluding hydrogens is 240 g/mol. The number of oxazole rings is 1. The van der Waals surface area contributed by atoms with Crippen molar-refractivity contribution in [2.45, 2.75) is 26.2 Å². The van der Waals surface area contributed by atoms with E-state index in [1.165, 1.54) is 11.1 Å². The van der Waals surface area contributed by atoms with E-state index in [9.17, 15) is 0 Å². The Labute approximate surface area is 113 Å². The van der Waals surface area contributed by atoms with Crippen molar-refractivity contribution in [1.82, 2.24) is 4.98 Å². The summed E-state index contributed by atoms with van der Waals surface area (Å²) in [7, 11) is 3.50. The third-order valence-corrected chi connectivity index (χ3v) is 3.07. The summed E-state index contributed by atoms with van der Waals surface area (Å²) in [6.45, 7) is 4.33. The summed E-state index contributed by atoms with van der Waals surface area (Å²) >= 11 is 0. The lowest BCUT2D eigenvalue weighted by Crippen LogP contribution is -1.97. The highest BCUT2D eigenvalue weighted by atomic mass is 16.5. The number of ether oxygens (including phenoxy) is 1. The summed E-state index contributed by atoms with van der Waals surface area (Å²) in [5, 5.41) is 2.88. The van der Waals surface area contributed by atoms with E-state index in [-0.39, 0.29) is 0 Å². The van der Waals surface area contributed by atoms with E-state index < -0.39 is 0 Å². The van der Waals surface area contributed by atoms with Crippen LogP contribution in [0.25, 0.3) is 0 Å². The number of nitrogens with one attached hydrogen (secondary N) is 1. The molecule has 0 amide bonds. The van der Waals surface area contributed by atoms with Crippen LogP contribution in [-0.4, -0.2) is 19.1 Å². The van der Waals surface area contributed by atoms with Crippen LogP contribution in [0.4, 0.5) is 6.01 Å². The Hall–Kier alpha value is -1.97. The van der Waals surface area contributed by atoms with Gasteiger partial charge in [-0.25, -0.2) is 0 Å². The maximum atomic E-state index is 5.39. The van der Waals surface area contributed by atoms with Crippen LogP contribution >= 0.6 is 0 Å². The third kappa shape index (κ3) is 3.08. The number of benzene rings is 1. The van der Waals surface area contributed by atoms with Crippen molar-refractivity contribution in [1.29, 1.82) is 0 Å². The number of hydrogen-bond donors (Lipinski definition) is 1. The molecule has 0 fully saturated rings. The first-order chi connectivity index (χ1) is 9.13. The predicted molar refractivity (Wildman–Crippen MR) is 75.9 cm³/mol. The largest absolute Gasteiger partial charge is 0.496 e. The lowest BCUT2D eigenvalue weighted by Gasteiger charge is -2.13. The SMILES string of the molecule is CNc1nc(Cc2ccc(OC)c(C(C)C)c2)co1. The molecule has 4 heteroatoms. The minimum absolute atomic E-state index is 0.431. The van der Waals surface area contributed by atoms with Gasteiger partial charge in [0.1, 0.15) is 12.0 Å². The average Bonchev–Trinajstić information content (AvgIpc) is 2.86. The third-order valence-electron chi connectivity index (χ3n) is 3.07. The van der Waals surface area contributed by atoms with Crippen molar-refractivity contribution in [2.75, 3.05) is 19.5 Å². The molecule has 2 rings (SSSR count). The van der Waals surface area contributed by atoms with Gasteiger partial charge in [-0.2, -0.15) is 4.98 Å². The summed E-state index contributed by atoms with van der Waals surface area (Å²) < 4.78 is 10.7. The first-order valence-corrected chi connectivity index (χ1v) is 6.43. The van der Waals surface area contributed by atoms with Gasteiger partial charge in [-0.1, -0.05) is 26.0 Å². The molecule has 0 atom stereocenters. The smallest absolute Gasteiger partial charge is 0.294 e. The van der Waals surface area contributed by atoms with Gasteiger partial charge in [-0.3, -0.25) is 0 Å². The van der Waals surface area contributed by atoms with E-state index >= 15 is 0 Å². The first-order valence-electron chi connectivity index (χ1n) is 6.43. The second kappa shape index (κ2) is 5.78. The van der Waals surface area contributed by atoms with E-state index in [0.29, 0.717) is 11.9 Å². The Morgan fingerprint density at radius 1 is 1.37 bits per heavy atom. The van der Waals surface area contributed by atoms with Gasteiger partial charge in [-0.15, -0.1) is 0 Å². The predicted octanol–water partition coefficient (Wildman–Crippen LogP) is 3.44. The summed E-state index contributed by atoms with van der Waals surface area (Å²) in [5.41, 5.74) is 3.35. The van der Waals surface area contributed by atoms with Crippen LogP contribution in [0.1, 0.15) is 36.6 Å². The molecule has 102 valence electrons. The lowest BCUT2D eigenvalue weighted by molar-refractivity contribution is 0.407. The molecule has 0 aliphatic heterocycles. The topological polar surface area (TPSA) is 47.3 Å². The fourth-order valence-electron chi connectivity index (χ4n) is 2.06. The van der Waals surface area contributed by atoms with Gasteiger partial charge >= 0.3 is 0 Å². The zero-order chi connectivity index (χ0) is 13.8. The van der Waals surface area contributed by atoms with Crippen LogP contribution in [0.2, 0.25) is 0 Å². The van der Waals surface area contributed by atoms with Crippen LogP contribution in [0.15, 0.2) is 28.9 Å². The number of nitrogens with zero attached hydrogens (tertiary/aromatic N) is 1. The van der Waals surface area contributed by atoms with E-state index in [0.717, 1.165) is 17.9 Å². The molecule has 1 heterocycles. The van der Waals surface area contributed by atoms with E-state index in [1.807, 2.05) is 6.07 Å². The summed E-state index contributed by atoms with van der Waals surface area (Å²) in [6, 6.07) is 6.81. The van der Waals surface area contributed by atoms with Crippen LogP contribution < -0.4 is 10.1 Å². The second-order valence-electron chi connectivity index (χ2n) is 4.80. The Kier molecular flexibility index (Phi) is 4.10. The maximum absolute atomic E-state index is 5.39. The van der Waals surface area contributed by atoms with Crippen LogP contribution in [0.3, 0.4) is 0 Å². The number of anilines is 1. The number of aromatic nitrogens is 1. The van der Waals surface area contributed by atoms with Gasteiger partial charge in [0.25, 0.3) is 6.01 Å². The van der Waals surface area contributed by atoms with Crippen molar-refractivity contribution in [3.8, 4) is 5.75 Å². The van der Waals surface area contributed by atoms with Crippen molar-refractivity contribution >= 4 is 6.01 Å². The van der Waals surface area contributed by atoms with Gasteiger partial charge in [-0.05, 0) is 23.1 Å². The zero-order valence-electron chi connectivity index (χ0n) is 11.9. The first kappa shape index (κ1) is 13.5. The van der Waals surface area contributed by atoms with Crippen molar-refractivity contribution in [2.24, 2.45) is 0 Å². The second-order valence-corrected chi connectivity index (χ2v) is 4.80. The molecule has 0 spiro atoms. The van der Waals surface area contributed by atoms with Gasteiger partial charge < -0.3 is 14.5 Å². The number of rotatable bonds is 5. The molecule has 0 aliphatic rings. The molecule has 0 unspecified atom stereocenters. The summed E-state index contributed by atoms with van der Waals surface area (Å²) in [6.07, 6.45) is 2.44. The van der Waals surface area contributed by atoms with Crippen LogP contribution in [0, 0.1) is 0 Å². The van der Waals surface area contributed by atoms with Gasteiger partial charge in [0.05, 0.1) is 12.8 Å². The molecule has 1 aromatic heterocycles. The van der Waals surface area contributed by atoms with Gasteiger partial charge in [0, 0.05) is 13.5 Å². The maximum Gasteiger partial charge on any atom is 0.294 e. The highest BCUT2D eigenvalue weighted by molar-refractivity contribution is 5.40. The van der Waals surface area contributed by atoms with Crippen LogP contribution in [-0.2, 0) is 6.42 Å². The Balaban J connectivity index is 2.23. The standard InChI is InChI=1S/C15H20N2O2/c1-10(2)13-8-11(5-6-14(13)18-4)7-12-9-19-15(16-3)17-12/h5-6,8-10H,7H2,1-4H3,(H,16,17). The Morgan fingerprint density at radius 3 is 2.74 bits per heavy atom. The normalized spacial score (nSPS) is 10.8.